The lowest BCUT2D eigenvalue weighted by Gasteiger charge is -2.50. The van der Waals surface area contributed by atoms with Crippen LogP contribution in [0.5, 0.6) is 0 Å². The van der Waals surface area contributed by atoms with Crippen molar-refractivity contribution in [1.82, 2.24) is 14.9 Å². The van der Waals surface area contributed by atoms with Crippen molar-refractivity contribution in [2.75, 3.05) is 31.1 Å². The van der Waals surface area contributed by atoms with Crippen molar-refractivity contribution in [3.8, 4) is 0 Å². The van der Waals surface area contributed by atoms with Crippen LogP contribution in [0.1, 0.15) is 29.8 Å². The van der Waals surface area contributed by atoms with E-state index in [-0.39, 0.29) is 5.41 Å². The summed E-state index contributed by atoms with van der Waals surface area (Å²) in [5.41, 5.74) is 1.01. The highest BCUT2D eigenvalue weighted by atomic mass is 32.1. The van der Waals surface area contributed by atoms with Gasteiger partial charge in [-0.2, -0.15) is 0 Å². The number of anilines is 1. The fourth-order valence-electron chi connectivity index (χ4n) is 4.84. The Bertz CT molecular complexity index is 1050. The summed E-state index contributed by atoms with van der Waals surface area (Å²) < 4.78 is 0. The third-order valence-corrected chi connectivity index (χ3v) is 7.42. The Morgan fingerprint density at radius 1 is 1.24 bits per heavy atom. The number of hydrogen-bond donors (Lipinski definition) is 1. The van der Waals surface area contributed by atoms with Crippen LogP contribution >= 0.6 is 11.3 Å². The summed E-state index contributed by atoms with van der Waals surface area (Å²) in [6.07, 6.45) is 3.75. The van der Waals surface area contributed by atoms with Crippen LogP contribution < -0.4 is 4.90 Å². The van der Waals surface area contributed by atoms with E-state index in [4.69, 9.17) is 0 Å². The van der Waals surface area contributed by atoms with Crippen LogP contribution in [-0.2, 0) is 11.2 Å². The molecule has 4 heterocycles. The Hall–Kier alpha value is -2.51. The molecule has 0 aliphatic carbocycles. The number of carbonyl (C=O) groups is 1. The summed E-state index contributed by atoms with van der Waals surface area (Å²) in [6.45, 7) is 5.67. The van der Waals surface area contributed by atoms with Crippen LogP contribution in [0.2, 0.25) is 0 Å². The predicted molar refractivity (Wildman–Crippen MR) is 114 cm³/mol. The maximum atomic E-state index is 11.9. The summed E-state index contributed by atoms with van der Waals surface area (Å²) in [5.74, 6) is 0.253. The van der Waals surface area contributed by atoms with Crippen LogP contribution in [-0.4, -0.2) is 52.1 Å². The fourth-order valence-corrected chi connectivity index (χ4v) is 5.77. The third kappa shape index (κ3) is 3.18. The van der Waals surface area contributed by atoms with Gasteiger partial charge in [-0.25, -0.2) is 9.97 Å². The second kappa shape index (κ2) is 7.07. The van der Waals surface area contributed by atoms with Gasteiger partial charge in [-0.05, 0) is 24.5 Å². The molecule has 2 aromatic heterocycles. The molecular weight excluding hydrogens is 384 g/mol. The summed E-state index contributed by atoms with van der Waals surface area (Å²) in [4.78, 5) is 27.8. The minimum atomic E-state index is -0.774. The number of carboxylic acids is 1. The highest BCUT2D eigenvalue weighted by molar-refractivity contribution is 7.18. The maximum Gasteiger partial charge on any atom is 0.325 e. The molecule has 1 unspecified atom stereocenters. The normalized spacial score (nSPS) is 19.6. The largest absolute Gasteiger partial charge is 0.480 e. The number of nitrogens with zero attached hydrogens (tertiary/aromatic N) is 4. The van der Waals surface area contributed by atoms with Gasteiger partial charge >= 0.3 is 5.97 Å². The standard InChI is InChI=1S/C22H24N4O2S/c1-2-16-10-17-19(23-14-24-20(17)29-16)25-9-8-22(11-25)12-26(13-22)18(21(27)28)15-6-4-3-5-7-15/h3-7,10,14,18H,2,8-9,11-13H2,1H3,(H,27,28). The number of thiophene rings is 1. The average molecular weight is 409 g/mol. The topological polar surface area (TPSA) is 69.6 Å². The first-order valence-electron chi connectivity index (χ1n) is 10.1. The second-order valence-corrected chi connectivity index (χ2v) is 9.33. The number of likely N-dealkylation sites (tertiary alicyclic amines) is 1. The summed E-state index contributed by atoms with van der Waals surface area (Å²) >= 11 is 1.74. The average Bonchev–Trinajstić information content (AvgIpc) is 3.32. The molecule has 6 nitrogen and oxygen atoms in total. The molecule has 1 aromatic carbocycles. The van der Waals surface area contributed by atoms with Crippen molar-refractivity contribution < 1.29 is 9.90 Å². The van der Waals surface area contributed by atoms with Gasteiger partial charge in [0.25, 0.3) is 0 Å². The van der Waals surface area contributed by atoms with E-state index in [1.165, 1.54) is 4.88 Å². The zero-order valence-corrected chi connectivity index (χ0v) is 17.2. The zero-order chi connectivity index (χ0) is 20.0. The van der Waals surface area contributed by atoms with Gasteiger partial charge < -0.3 is 10.0 Å². The lowest BCUT2D eigenvalue weighted by molar-refractivity contribution is -0.149. The summed E-state index contributed by atoms with van der Waals surface area (Å²) in [6, 6.07) is 11.2. The maximum absolute atomic E-state index is 11.9. The van der Waals surface area contributed by atoms with Gasteiger partial charge in [0.15, 0.2) is 0 Å². The SMILES string of the molecule is CCc1cc2c(N3CCC4(C3)CN(C(C(=O)O)c3ccccc3)C4)ncnc2s1. The Kier molecular flexibility index (Phi) is 4.52. The molecule has 0 amide bonds. The van der Waals surface area contributed by atoms with Crippen molar-refractivity contribution in [3.63, 3.8) is 0 Å². The molecule has 1 N–H and O–H groups in total. The minimum Gasteiger partial charge on any atom is -0.480 e. The molecule has 0 radical (unpaired) electrons. The van der Waals surface area contributed by atoms with E-state index in [1.807, 2.05) is 30.3 Å². The molecule has 2 aliphatic rings. The quantitative estimate of drug-likeness (QED) is 0.696. The van der Waals surface area contributed by atoms with Crippen LogP contribution in [0.3, 0.4) is 0 Å². The molecule has 2 saturated heterocycles. The lowest BCUT2D eigenvalue weighted by atomic mass is 9.77. The summed E-state index contributed by atoms with van der Waals surface area (Å²) in [7, 11) is 0. The van der Waals surface area contributed by atoms with E-state index in [1.54, 1.807) is 17.7 Å². The number of aryl methyl sites for hydroxylation is 1. The van der Waals surface area contributed by atoms with Gasteiger partial charge in [0, 0.05) is 36.5 Å². The first-order chi connectivity index (χ1) is 14.1. The first kappa shape index (κ1) is 18.5. The molecule has 1 atom stereocenters. The molecule has 7 heteroatoms. The van der Waals surface area contributed by atoms with Crippen molar-refractivity contribution >= 4 is 33.3 Å². The molecule has 0 saturated carbocycles. The molecule has 2 fully saturated rings. The van der Waals surface area contributed by atoms with Crippen molar-refractivity contribution in [3.05, 3.63) is 53.2 Å². The number of benzene rings is 1. The van der Waals surface area contributed by atoms with E-state index in [2.05, 4.69) is 32.8 Å². The van der Waals surface area contributed by atoms with Crippen molar-refractivity contribution in [1.29, 1.82) is 0 Å². The first-order valence-corrected chi connectivity index (χ1v) is 10.9. The van der Waals surface area contributed by atoms with E-state index < -0.39 is 12.0 Å². The van der Waals surface area contributed by atoms with Crippen molar-refractivity contribution in [2.24, 2.45) is 5.41 Å². The number of rotatable bonds is 5. The van der Waals surface area contributed by atoms with Crippen molar-refractivity contribution in [2.45, 2.75) is 25.8 Å². The highest BCUT2D eigenvalue weighted by Gasteiger charge is 2.51. The lowest BCUT2D eigenvalue weighted by Crippen LogP contribution is -2.59. The fraction of sp³-hybridized carbons (Fsp3) is 0.409. The summed E-state index contributed by atoms with van der Waals surface area (Å²) in [5, 5.41) is 10.9. The van der Waals surface area contributed by atoms with Gasteiger partial charge in [0.2, 0.25) is 0 Å². The van der Waals surface area contributed by atoms with Gasteiger partial charge in [-0.1, -0.05) is 37.3 Å². The molecule has 2 aliphatic heterocycles. The monoisotopic (exact) mass is 408 g/mol. The Balaban J connectivity index is 1.33. The van der Waals surface area contributed by atoms with Crippen LogP contribution in [0.15, 0.2) is 42.7 Å². The number of aromatic nitrogens is 2. The zero-order valence-electron chi connectivity index (χ0n) is 16.4. The number of fused-ring (bicyclic) bond motifs is 1. The Morgan fingerprint density at radius 2 is 2.03 bits per heavy atom. The number of aliphatic carboxylic acids is 1. The van der Waals surface area contributed by atoms with E-state index in [0.29, 0.717) is 0 Å². The van der Waals surface area contributed by atoms with Gasteiger partial charge in [0.05, 0.1) is 5.39 Å². The van der Waals surface area contributed by atoms with Gasteiger partial charge in [-0.3, -0.25) is 9.69 Å². The molecule has 5 rings (SSSR count). The molecule has 150 valence electrons. The van der Waals surface area contributed by atoms with Gasteiger partial charge in [-0.15, -0.1) is 11.3 Å². The van der Waals surface area contributed by atoms with Gasteiger partial charge in [0.1, 0.15) is 23.0 Å². The van der Waals surface area contributed by atoms with E-state index in [9.17, 15) is 9.90 Å². The second-order valence-electron chi connectivity index (χ2n) is 8.21. The van der Waals surface area contributed by atoms with Crippen LogP contribution in [0, 0.1) is 5.41 Å². The van der Waals surface area contributed by atoms with Crippen LogP contribution in [0.25, 0.3) is 10.2 Å². The van der Waals surface area contributed by atoms with Crippen LogP contribution in [0.4, 0.5) is 5.82 Å². The minimum absolute atomic E-state index is 0.156. The molecule has 29 heavy (non-hydrogen) atoms. The van der Waals surface area contributed by atoms with E-state index in [0.717, 1.165) is 60.6 Å². The number of carboxylic acid groups (broad SMARTS) is 1. The van der Waals surface area contributed by atoms with E-state index >= 15 is 0 Å². The predicted octanol–water partition coefficient (Wildman–Crippen LogP) is 3.59. The molecular formula is C22H24N4O2S. The third-order valence-electron chi connectivity index (χ3n) is 6.24. The highest BCUT2D eigenvalue weighted by Crippen LogP contribution is 2.45. The molecule has 0 bridgehead atoms. The Labute approximate surface area is 173 Å². The Morgan fingerprint density at radius 3 is 2.76 bits per heavy atom. The smallest absolute Gasteiger partial charge is 0.325 e. The number of hydrogen-bond acceptors (Lipinski definition) is 6. The molecule has 1 spiro atoms. The molecule has 3 aromatic rings.